The van der Waals surface area contributed by atoms with Crippen LogP contribution in [0, 0.1) is 10.8 Å². The standard InChI is InChI=1S/C22H41IN4O/c1-9-19(25-15-18(24)20(3,4)5)27-13-11-26(12-14-27)17-21(6,7)16-22(8,10-2)28-23/h9,15H,1,10-14,16-17,24H2,2-8H3/b18-15-,25-19+. The minimum Gasteiger partial charge on any atom is -0.400 e. The summed E-state index contributed by atoms with van der Waals surface area (Å²) < 4.78 is 5.75. The van der Waals surface area contributed by atoms with E-state index in [1.807, 2.05) is 6.08 Å². The number of nitrogens with two attached hydrogens (primary N) is 1. The molecule has 1 aliphatic heterocycles. The summed E-state index contributed by atoms with van der Waals surface area (Å²) in [6.45, 7) is 24.4. The van der Waals surface area contributed by atoms with E-state index in [4.69, 9.17) is 8.80 Å². The van der Waals surface area contributed by atoms with Crippen LogP contribution < -0.4 is 5.73 Å². The lowest BCUT2D eigenvalue weighted by Crippen LogP contribution is -2.51. The first-order valence-corrected chi connectivity index (χ1v) is 11.2. The number of rotatable bonds is 8. The molecule has 6 heteroatoms. The highest BCUT2D eigenvalue weighted by molar-refractivity contribution is 14.1. The van der Waals surface area contributed by atoms with Gasteiger partial charge in [0.05, 0.1) is 5.60 Å². The SMILES string of the molecule is C=C/C(=N\C=C(/N)C(C)(C)C)N1CCN(CC(C)(C)CC(C)(CC)OI)CC1. The van der Waals surface area contributed by atoms with Gasteiger partial charge < -0.3 is 13.7 Å². The fourth-order valence-electron chi connectivity index (χ4n) is 3.61. The van der Waals surface area contributed by atoms with Crippen molar-refractivity contribution in [1.29, 1.82) is 0 Å². The predicted octanol–water partition coefficient (Wildman–Crippen LogP) is 4.99. The summed E-state index contributed by atoms with van der Waals surface area (Å²) >= 11 is 2.05. The van der Waals surface area contributed by atoms with Gasteiger partial charge in [0.25, 0.3) is 0 Å². The Hall–Kier alpha value is -0.600. The highest BCUT2D eigenvalue weighted by atomic mass is 127. The fourth-order valence-corrected chi connectivity index (χ4v) is 4.08. The van der Waals surface area contributed by atoms with Crippen LogP contribution in [0.2, 0.25) is 0 Å². The smallest absolute Gasteiger partial charge is 0.128 e. The van der Waals surface area contributed by atoms with E-state index >= 15 is 0 Å². The van der Waals surface area contributed by atoms with E-state index in [-0.39, 0.29) is 16.4 Å². The second-order valence-electron chi connectivity index (χ2n) is 10.0. The van der Waals surface area contributed by atoms with Gasteiger partial charge in [0.2, 0.25) is 0 Å². The van der Waals surface area contributed by atoms with Gasteiger partial charge in [-0.15, -0.1) is 0 Å². The molecule has 1 saturated heterocycles. The van der Waals surface area contributed by atoms with Gasteiger partial charge in [-0.3, -0.25) is 4.90 Å². The van der Waals surface area contributed by atoms with Gasteiger partial charge in [-0.2, -0.15) is 0 Å². The summed E-state index contributed by atoms with van der Waals surface area (Å²) in [7, 11) is 0. The summed E-state index contributed by atoms with van der Waals surface area (Å²) in [4.78, 5) is 9.46. The molecule has 2 N–H and O–H groups in total. The number of piperazine rings is 1. The molecule has 0 aromatic heterocycles. The lowest BCUT2D eigenvalue weighted by atomic mass is 9.79. The molecule has 162 valence electrons. The monoisotopic (exact) mass is 504 g/mol. The Kier molecular flexibility index (Phi) is 9.48. The number of nitrogens with zero attached hydrogens (tertiary/aromatic N) is 3. The van der Waals surface area contributed by atoms with Gasteiger partial charge >= 0.3 is 0 Å². The van der Waals surface area contributed by atoms with E-state index in [0.29, 0.717) is 0 Å². The van der Waals surface area contributed by atoms with E-state index < -0.39 is 0 Å². The molecule has 0 aliphatic carbocycles. The average molecular weight is 505 g/mol. The van der Waals surface area contributed by atoms with Crippen molar-refractivity contribution in [2.24, 2.45) is 21.6 Å². The highest BCUT2D eigenvalue weighted by Gasteiger charge is 2.34. The van der Waals surface area contributed by atoms with Crippen LogP contribution in [0.4, 0.5) is 0 Å². The van der Waals surface area contributed by atoms with Gasteiger partial charge in [-0.05, 0) is 31.3 Å². The Balaban J connectivity index is 2.67. The number of halogens is 1. The maximum atomic E-state index is 6.13. The number of aliphatic imine (C=N–C) groups is 1. The molecular weight excluding hydrogens is 463 g/mol. The molecule has 28 heavy (non-hydrogen) atoms. The van der Waals surface area contributed by atoms with Crippen LogP contribution in [0.3, 0.4) is 0 Å². The number of hydrogen-bond acceptors (Lipinski definition) is 4. The third-order valence-corrected chi connectivity index (χ3v) is 6.58. The molecule has 1 rings (SSSR count). The molecule has 1 aliphatic rings. The second-order valence-corrected chi connectivity index (χ2v) is 10.5. The molecule has 0 aromatic carbocycles. The summed E-state index contributed by atoms with van der Waals surface area (Å²) in [5.41, 5.74) is 6.98. The molecule has 1 heterocycles. The van der Waals surface area contributed by atoms with Crippen LogP contribution >= 0.6 is 23.0 Å². The van der Waals surface area contributed by atoms with E-state index in [1.54, 1.807) is 6.20 Å². The zero-order valence-corrected chi connectivity index (χ0v) is 21.2. The molecule has 0 saturated carbocycles. The highest BCUT2D eigenvalue weighted by Crippen LogP contribution is 2.35. The van der Waals surface area contributed by atoms with Crippen LogP contribution in [-0.4, -0.2) is 54.0 Å². The van der Waals surface area contributed by atoms with E-state index in [1.165, 1.54) is 0 Å². The summed E-state index contributed by atoms with van der Waals surface area (Å²) in [5.74, 6) is 0.906. The normalized spacial score (nSPS) is 20.2. The third kappa shape index (κ3) is 8.03. The fraction of sp³-hybridized carbons (Fsp3) is 0.773. The van der Waals surface area contributed by atoms with Crippen molar-refractivity contribution < 1.29 is 3.07 Å². The first-order valence-electron chi connectivity index (χ1n) is 10.3. The van der Waals surface area contributed by atoms with Crippen LogP contribution in [-0.2, 0) is 3.07 Å². The van der Waals surface area contributed by atoms with Gasteiger partial charge in [0.15, 0.2) is 0 Å². The maximum Gasteiger partial charge on any atom is 0.128 e. The van der Waals surface area contributed by atoms with Crippen molar-refractivity contribution in [3.63, 3.8) is 0 Å². The Bertz CT molecular complexity index is 566. The number of amidine groups is 1. The molecule has 0 aromatic rings. The first kappa shape index (κ1) is 25.4. The topological polar surface area (TPSA) is 54.1 Å². The minimum absolute atomic E-state index is 0.0616. The van der Waals surface area contributed by atoms with Gasteiger partial charge in [0.1, 0.15) is 28.8 Å². The Morgan fingerprint density at radius 2 is 1.71 bits per heavy atom. The molecule has 1 fully saturated rings. The number of allylic oxidation sites excluding steroid dienone is 1. The average Bonchev–Trinajstić information content (AvgIpc) is 2.61. The van der Waals surface area contributed by atoms with E-state index in [0.717, 1.165) is 57.1 Å². The van der Waals surface area contributed by atoms with Crippen LogP contribution in [0.15, 0.2) is 29.5 Å². The number of hydrogen-bond donors (Lipinski definition) is 1. The third-order valence-electron chi connectivity index (χ3n) is 5.52. The molecule has 0 spiro atoms. The summed E-state index contributed by atoms with van der Waals surface area (Å²) in [6, 6.07) is 0. The summed E-state index contributed by atoms with van der Waals surface area (Å²) in [6.07, 6.45) is 5.69. The largest absolute Gasteiger partial charge is 0.400 e. The minimum atomic E-state index is -0.0747. The first-order chi connectivity index (χ1) is 12.9. The quantitative estimate of drug-likeness (QED) is 0.288. The van der Waals surface area contributed by atoms with Crippen molar-refractivity contribution >= 4 is 28.8 Å². The van der Waals surface area contributed by atoms with Crippen LogP contribution in [0.1, 0.15) is 61.3 Å². The van der Waals surface area contributed by atoms with Crippen molar-refractivity contribution in [3.05, 3.63) is 24.6 Å². The zero-order chi connectivity index (χ0) is 21.6. The zero-order valence-electron chi connectivity index (χ0n) is 19.0. The Morgan fingerprint density at radius 1 is 1.14 bits per heavy atom. The Labute approximate surface area is 187 Å². The lowest BCUT2D eigenvalue weighted by Gasteiger charge is -2.42. The van der Waals surface area contributed by atoms with E-state index in [2.05, 4.69) is 92.8 Å². The second kappa shape index (κ2) is 10.4. The van der Waals surface area contributed by atoms with E-state index in [9.17, 15) is 0 Å². The molecule has 1 unspecified atom stereocenters. The van der Waals surface area contributed by atoms with Crippen molar-refractivity contribution in [2.75, 3.05) is 32.7 Å². The predicted molar refractivity (Wildman–Crippen MR) is 130 cm³/mol. The molecule has 5 nitrogen and oxygen atoms in total. The molecule has 0 amide bonds. The molecular formula is C22H41IN4O. The summed E-state index contributed by atoms with van der Waals surface area (Å²) in [5, 5.41) is 0. The van der Waals surface area contributed by atoms with Crippen molar-refractivity contribution in [1.82, 2.24) is 9.80 Å². The Morgan fingerprint density at radius 3 is 2.14 bits per heavy atom. The van der Waals surface area contributed by atoms with Gasteiger partial charge in [-0.1, -0.05) is 48.1 Å². The molecule has 1 atom stereocenters. The lowest BCUT2D eigenvalue weighted by molar-refractivity contribution is 0.0481. The van der Waals surface area contributed by atoms with Crippen molar-refractivity contribution in [3.8, 4) is 0 Å². The molecule has 0 bridgehead atoms. The van der Waals surface area contributed by atoms with Crippen molar-refractivity contribution in [2.45, 2.75) is 66.9 Å². The van der Waals surface area contributed by atoms with Gasteiger partial charge in [-0.25, -0.2) is 4.99 Å². The van der Waals surface area contributed by atoms with Crippen LogP contribution in [0.25, 0.3) is 0 Å². The van der Waals surface area contributed by atoms with Crippen LogP contribution in [0.5, 0.6) is 0 Å². The van der Waals surface area contributed by atoms with Gasteiger partial charge in [0, 0.05) is 50.0 Å². The maximum absolute atomic E-state index is 6.13. The molecule has 0 radical (unpaired) electrons.